The van der Waals surface area contributed by atoms with Crippen LogP contribution in [0.15, 0.2) is 42.5 Å². The largest absolute Gasteiger partial charge is 0.340 e. The number of hydrogen-bond donors (Lipinski definition) is 1. The molecule has 1 amide bonds. The monoisotopic (exact) mass is 418 g/mol. The fourth-order valence-corrected chi connectivity index (χ4v) is 4.27. The Bertz CT molecular complexity index is 1250. The van der Waals surface area contributed by atoms with Gasteiger partial charge >= 0.3 is 0 Å². The van der Waals surface area contributed by atoms with E-state index in [0.29, 0.717) is 35.6 Å². The molecule has 2 aromatic heterocycles. The van der Waals surface area contributed by atoms with Crippen molar-refractivity contribution in [2.75, 3.05) is 18.5 Å². The van der Waals surface area contributed by atoms with E-state index in [0.717, 1.165) is 29.7 Å². The molecule has 1 aliphatic rings. The van der Waals surface area contributed by atoms with E-state index in [-0.39, 0.29) is 17.8 Å². The van der Waals surface area contributed by atoms with Crippen molar-refractivity contribution < 1.29 is 9.18 Å². The van der Waals surface area contributed by atoms with Crippen LogP contribution < -0.4 is 4.90 Å². The minimum atomic E-state index is -0.327. The average Bonchev–Trinajstić information content (AvgIpc) is 3.40. The van der Waals surface area contributed by atoms with Gasteiger partial charge in [0.2, 0.25) is 11.9 Å². The van der Waals surface area contributed by atoms with Crippen LogP contribution >= 0.6 is 0 Å². The highest BCUT2D eigenvalue weighted by atomic mass is 19.1. The number of anilines is 1. The topological polar surface area (TPSA) is 78.0 Å². The van der Waals surface area contributed by atoms with Crippen molar-refractivity contribution in [3.8, 4) is 0 Å². The van der Waals surface area contributed by atoms with E-state index in [2.05, 4.69) is 19.9 Å². The molecule has 2 aromatic carbocycles. The molecule has 0 unspecified atom stereocenters. The first-order valence-electron chi connectivity index (χ1n) is 10.4. The highest BCUT2D eigenvalue weighted by Gasteiger charge is 2.34. The second-order valence-corrected chi connectivity index (χ2v) is 8.02. The highest BCUT2D eigenvalue weighted by molar-refractivity contribution is 5.86. The van der Waals surface area contributed by atoms with Crippen molar-refractivity contribution in [2.45, 2.75) is 32.4 Å². The lowest BCUT2D eigenvalue weighted by atomic mass is 10.2. The van der Waals surface area contributed by atoms with Crippen LogP contribution in [0.2, 0.25) is 0 Å². The molecular weight excluding hydrogens is 395 g/mol. The summed E-state index contributed by atoms with van der Waals surface area (Å²) in [7, 11) is 1.79. The Balaban J connectivity index is 1.38. The second kappa shape index (κ2) is 7.61. The standard InChI is InChI=1S/C23H23FN6O/c1-14-16-12-15(24)9-10-17(16)28-23(25-14)30-11-5-8-20(30)22(31)29(2)13-21-26-18-6-3-4-7-19(18)27-21/h3-4,6-7,9-10,12,20H,5,8,11,13H2,1-2H3,(H,26,27)/t20-/m1/s1. The van der Waals surface area contributed by atoms with Gasteiger partial charge in [0.1, 0.15) is 17.7 Å². The molecule has 1 saturated heterocycles. The van der Waals surface area contributed by atoms with Gasteiger partial charge in [-0.25, -0.2) is 19.3 Å². The van der Waals surface area contributed by atoms with E-state index in [1.54, 1.807) is 18.0 Å². The van der Waals surface area contributed by atoms with E-state index >= 15 is 0 Å². The molecule has 0 radical (unpaired) electrons. The fourth-order valence-electron chi connectivity index (χ4n) is 4.27. The highest BCUT2D eigenvalue weighted by Crippen LogP contribution is 2.27. The molecule has 158 valence electrons. The molecule has 0 aliphatic carbocycles. The van der Waals surface area contributed by atoms with Gasteiger partial charge in [-0.05, 0) is 50.1 Å². The van der Waals surface area contributed by atoms with E-state index < -0.39 is 0 Å². The van der Waals surface area contributed by atoms with Gasteiger partial charge in [0.25, 0.3) is 0 Å². The zero-order valence-corrected chi connectivity index (χ0v) is 17.5. The summed E-state index contributed by atoms with van der Waals surface area (Å²) in [5.41, 5.74) is 3.22. The van der Waals surface area contributed by atoms with Gasteiger partial charge in [0, 0.05) is 19.0 Å². The zero-order valence-electron chi connectivity index (χ0n) is 17.5. The summed E-state index contributed by atoms with van der Waals surface area (Å²) in [6.07, 6.45) is 1.63. The third-order valence-corrected chi connectivity index (χ3v) is 5.83. The lowest BCUT2D eigenvalue weighted by molar-refractivity contribution is -0.131. The van der Waals surface area contributed by atoms with Crippen LogP contribution in [0.4, 0.5) is 10.3 Å². The van der Waals surface area contributed by atoms with Crippen LogP contribution in [0.5, 0.6) is 0 Å². The first-order chi connectivity index (χ1) is 15.0. The lowest BCUT2D eigenvalue weighted by Gasteiger charge is -2.28. The molecule has 5 rings (SSSR count). The number of para-hydroxylation sites is 2. The molecular formula is C23H23FN6O. The van der Waals surface area contributed by atoms with Gasteiger partial charge in [-0.2, -0.15) is 0 Å². The number of nitrogens with one attached hydrogen (secondary N) is 1. The summed E-state index contributed by atoms with van der Waals surface area (Å²) in [6, 6.07) is 12.0. The second-order valence-electron chi connectivity index (χ2n) is 8.02. The van der Waals surface area contributed by atoms with Crippen molar-refractivity contribution in [1.82, 2.24) is 24.8 Å². The minimum Gasteiger partial charge on any atom is -0.340 e. The van der Waals surface area contributed by atoms with E-state index in [4.69, 9.17) is 0 Å². The lowest BCUT2D eigenvalue weighted by Crippen LogP contribution is -2.44. The summed E-state index contributed by atoms with van der Waals surface area (Å²) < 4.78 is 13.6. The maximum atomic E-state index is 13.6. The van der Waals surface area contributed by atoms with Crippen molar-refractivity contribution >= 4 is 33.8 Å². The van der Waals surface area contributed by atoms with Gasteiger partial charge in [-0.1, -0.05) is 12.1 Å². The number of carbonyl (C=O) groups excluding carboxylic acids is 1. The molecule has 1 fully saturated rings. The van der Waals surface area contributed by atoms with Crippen LogP contribution in [0.25, 0.3) is 21.9 Å². The number of fused-ring (bicyclic) bond motifs is 2. The summed E-state index contributed by atoms with van der Waals surface area (Å²) in [5.74, 6) is 0.970. The Kier molecular flexibility index (Phi) is 4.77. The fraction of sp³-hybridized carbons (Fsp3) is 0.304. The van der Waals surface area contributed by atoms with Gasteiger partial charge in [0.15, 0.2) is 0 Å². The van der Waals surface area contributed by atoms with E-state index in [1.165, 1.54) is 12.1 Å². The molecule has 3 heterocycles. The number of aryl methyl sites for hydroxylation is 1. The van der Waals surface area contributed by atoms with E-state index in [9.17, 15) is 9.18 Å². The molecule has 31 heavy (non-hydrogen) atoms. The number of imidazole rings is 1. The number of H-pyrrole nitrogens is 1. The molecule has 8 heteroatoms. The van der Waals surface area contributed by atoms with Crippen LogP contribution in [-0.2, 0) is 11.3 Å². The van der Waals surface area contributed by atoms with Crippen LogP contribution in [-0.4, -0.2) is 50.4 Å². The Morgan fingerprint density at radius 3 is 2.87 bits per heavy atom. The maximum absolute atomic E-state index is 13.6. The number of carbonyl (C=O) groups is 1. The maximum Gasteiger partial charge on any atom is 0.245 e. The van der Waals surface area contributed by atoms with Crippen LogP contribution in [0, 0.1) is 12.7 Å². The Morgan fingerprint density at radius 1 is 1.19 bits per heavy atom. The number of hydrogen-bond acceptors (Lipinski definition) is 5. The number of aromatic nitrogens is 4. The molecule has 1 atom stereocenters. The number of amides is 1. The Labute approximate surface area is 178 Å². The summed E-state index contributed by atoms with van der Waals surface area (Å²) in [6.45, 7) is 2.95. The minimum absolute atomic E-state index is 0.0124. The van der Waals surface area contributed by atoms with Crippen molar-refractivity contribution in [3.63, 3.8) is 0 Å². The predicted molar refractivity (Wildman–Crippen MR) is 117 cm³/mol. The number of aromatic amines is 1. The normalized spacial score (nSPS) is 16.4. The first kappa shape index (κ1) is 19.4. The summed E-state index contributed by atoms with van der Waals surface area (Å²) >= 11 is 0. The summed E-state index contributed by atoms with van der Waals surface area (Å²) in [5, 5.41) is 0.688. The quantitative estimate of drug-likeness (QED) is 0.548. The van der Waals surface area contributed by atoms with Gasteiger partial charge < -0.3 is 14.8 Å². The van der Waals surface area contributed by atoms with Crippen molar-refractivity contribution in [3.05, 3.63) is 59.8 Å². The molecule has 0 spiro atoms. The third-order valence-electron chi connectivity index (χ3n) is 5.83. The SMILES string of the molecule is Cc1nc(N2CCC[C@@H]2C(=O)N(C)Cc2nc3ccccc3[nH]2)nc2ccc(F)cc12. The molecule has 7 nitrogen and oxygen atoms in total. The predicted octanol–water partition coefficient (Wildman–Crippen LogP) is 3.58. The number of halogens is 1. The molecule has 4 aromatic rings. The smallest absolute Gasteiger partial charge is 0.245 e. The molecule has 0 saturated carbocycles. The molecule has 1 N–H and O–H groups in total. The number of nitrogens with zero attached hydrogens (tertiary/aromatic N) is 5. The Hall–Kier alpha value is -3.55. The van der Waals surface area contributed by atoms with Crippen molar-refractivity contribution in [2.24, 2.45) is 0 Å². The van der Waals surface area contributed by atoms with Crippen molar-refractivity contribution in [1.29, 1.82) is 0 Å². The number of benzene rings is 2. The van der Waals surface area contributed by atoms with Gasteiger partial charge in [-0.3, -0.25) is 4.79 Å². The van der Waals surface area contributed by atoms with Gasteiger partial charge in [-0.15, -0.1) is 0 Å². The molecule has 0 bridgehead atoms. The third kappa shape index (κ3) is 3.58. The number of rotatable bonds is 4. The first-order valence-corrected chi connectivity index (χ1v) is 10.4. The zero-order chi connectivity index (χ0) is 21.5. The van der Waals surface area contributed by atoms with Crippen LogP contribution in [0.1, 0.15) is 24.4 Å². The average molecular weight is 418 g/mol. The summed E-state index contributed by atoms with van der Waals surface area (Å²) in [4.78, 5) is 34.0. The van der Waals surface area contributed by atoms with E-state index in [1.807, 2.05) is 36.1 Å². The molecule has 1 aliphatic heterocycles. The number of likely N-dealkylation sites (N-methyl/N-ethyl adjacent to an activating group) is 1. The van der Waals surface area contributed by atoms with Gasteiger partial charge in [0.05, 0.1) is 28.8 Å². The van der Waals surface area contributed by atoms with Crippen LogP contribution in [0.3, 0.4) is 0 Å². The Morgan fingerprint density at radius 2 is 2.03 bits per heavy atom.